The summed E-state index contributed by atoms with van der Waals surface area (Å²) >= 11 is 3.43. The van der Waals surface area contributed by atoms with Gasteiger partial charge in [-0.1, -0.05) is 28.1 Å². The first-order valence-corrected chi connectivity index (χ1v) is 8.88. The monoisotopic (exact) mass is 384 g/mol. The highest BCUT2D eigenvalue weighted by molar-refractivity contribution is 9.10. The van der Waals surface area contributed by atoms with Crippen molar-refractivity contribution in [2.75, 3.05) is 10.6 Å². The Balaban J connectivity index is 1.42. The first-order chi connectivity index (χ1) is 11.6. The summed E-state index contributed by atoms with van der Waals surface area (Å²) in [6.07, 6.45) is 2.11. The van der Waals surface area contributed by atoms with Crippen molar-refractivity contribution in [2.24, 2.45) is 5.92 Å². The molecule has 0 aromatic heterocycles. The van der Waals surface area contributed by atoms with Gasteiger partial charge < -0.3 is 10.6 Å². The summed E-state index contributed by atoms with van der Waals surface area (Å²) < 4.78 is 1.05. The predicted octanol–water partition coefficient (Wildman–Crippen LogP) is 4.08. The van der Waals surface area contributed by atoms with E-state index in [0.29, 0.717) is 12.3 Å². The van der Waals surface area contributed by atoms with Crippen LogP contribution in [0.1, 0.15) is 29.9 Å². The predicted molar refractivity (Wildman–Crippen MR) is 97.0 cm³/mol. The fraction of sp³-hybridized carbons (Fsp3) is 0.263. The van der Waals surface area contributed by atoms with E-state index in [4.69, 9.17) is 0 Å². The lowest BCUT2D eigenvalue weighted by molar-refractivity contribution is -0.117. The Morgan fingerprint density at radius 2 is 1.92 bits per heavy atom. The van der Waals surface area contributed by atoms with E-state index in [2.05, 4.69) is 38.7 Å². The van der Waals surface area contributed by atoms with Gasteiger partial charge in [0.2, 0.25) is 11.8 Å². The molecule has 2 aromatic rings. The van der Waals surface area contributed by atoms with Crippen LogP contribution in [-0.4, -0.2) is 11.8 Å². The smallest absolute Gasteiger partial charge is 0.228 e. The van der Waals surface area contributed by atoms with Crippen LogP contribution in [0.25, 0.3) is 0 Å². The molecule has 2 aromatic carbocycles. The standard InChI is InChI=1S/C19H17BrN2O2/c20-13-4-1-11(2-5-13)15-10-16(15)19(24)21-14-6-7-17-12(9-14)3-8-18(23)22-17/h1-2,4-7,9,15-16H,3,8,10H2,(H,21,24)(H,22,23). The molecule has 1 fully saturated rings. The third-order valence-electron chi connectivity index (χ3n) is 4.69. The molecule has 2 amide bonds. The third kappa shape index (κ3) is 3.08. The Morgan fingerprint density at radius 3 is 2.71 bits per heavy atom. The van der Waals surface area contributed by atoms with Crippen molar-refractivity contribution in [3.63, 3.8) is 0 Å². The molecule has 1 aliphatic carbocycles. The Bertz CT molecular complexity index is 817. The molecule has 0 radical (unpaired) electrons. The Morgan fingerprint density at radius 1 is 1.12 bits per heavy atom. The summed E-state index contributed by atoms with van der Waals surface area (Å²) in [4.78, 5) is 23.8. The van der Waals surface area contributed by atoms with Crippen LogP contribution in [-0.2, 0) is 16.0 Å². The highest BCUT2D eigenvalue weighted by Gasteiger charge is 2.43. The van der Waals surface area contributed by atoms with Crippen molar-refractivity contribution < 1.29 is 9.59 Å². The number of aryl methyl sites for hydroxylation is 1. The minimum absolute atomic E-state index is 0.0434. The van der Waals surface area contributed by atoms with Crippen LogP contribution in [0.4, 0.5) is 11.4 Å². The highest BCUT2D eigenvalue weighted by atomic mass is 79.9. The molecule has 2 atom stereocenters. The Kier molecular flexibility index (Phi) is 3.88. The maximum absolute atomic E-state index is 12.5. The first-order valence-electron chi connectivity index (χ1n) is 8.09. The summed E-state index contributed by atoms with van der Waals surface area (Å²) in [6.45, 7) is 0. The number of anilines is 2. The second-order valence-corrected chi connectivity index (χ2v) is 7.33. The SMILES string of the molecule is O=C1CCc2cc(NC(=O)C3CC3c3ccc(Br)cc3)ccc2N1. The summed E-state index contributed by atoms with van der Waals surface area (Å²) in [5.74, 6) is 0.481. The summed E-state index contributed by atoms with van der Waals surface area (Å²) in [7, 11) is 0. The average molecular weight is 385 g/mol. The molecule has 0 saturated heterocycles. The lowest BCUT2D eigenvalue weighted by Gasteiger charge is -2.17. The van der Waals surface area contributed by atoms with E-state index < -0.39 is 0 Å². The maximum atomic E-state index is 12.5. The fourth-order valence-corrected chi connectivity index (χ4v) is 3.52. The largest absolute Gasteiger partial charge is 0.326 e. The van der Waals surface area contributed by atoms with Crippen molar-refractivity contribution in [1.82, 2.24) is 0 Å². The molecule has 1 aliphatic heterocycles. The number of fused-ring (bicyclic) bond motifs is 1. The lowest BCUT2D eigenvalue weighted by Crippen LogP contribution is -2.20. The quantitative estimate of drug-likeness (QED) is 0.837. The van der Waals surface area contributed by atoms with E-state index >= 15 is 0 Å². The number of rotatable bonds is 3. The number of benzene rings is 2. The maximum Gasteiger partial charge on any atom is 0.228 e. The van der Waals surface area contributed by atoms with E-state index in [-0.39, 0.29) is 17.7 Å². The fourth-order valence-electron chi connectivity index (χ4n) is 3.26. The molecule has 2 aliphatic rings. The second-order valence-electron chi connectivity index (χ2n) is 6.41. The molecule has 4 rings (SSSR count). The van der Waals surface area contributed by atoms with Gasteiger partial charge in [-0.2, -0.15) is 0 Å². The van der Waals surface area contributed by atoms with Gasteiger partial charge in [0.15, 0.2) is 0 Å². The molecule has 4 nitrogen and oxygen atoms in total. The first kappa shape index (κ1) is 15.4. The molecule has 122 valence electrons. The van der Waals surface area contributed by atoms with Crippen LogP contribution in [0.3, 0.4) is 0 Å². The van der Waals surface area contributed by atoms with Crippen molar-refractivity contribution in [3.05, 3.63) is 58.1 Å². The topological polar surface area (TPSA) is 58.2 Å². The molecule has 2 unspecified atom stereocenters. The van der Waals surface area contributed by atoms with Crippen LogP contribution in [0, 0.1) is 5.92 Å². The Hall–Kier alpha value is -2.14. The number of carbonyl (C=O) groups is 2. The second kappa shape index (κ2) is 6.06. The van der Waals surface area contributed by atoms with Gasteiger partial charge in [-0.15, -0.1) is 0 Å². The zero-order valence-corrected chi connectivity index (χ0v) is 14.6. The number of halogens is 1. The summed E-state index contributed by atoms with van der Waals surface area (Å²) in [5.41, 5.74) is 3.94. The minimum Gasteiger partial charge on any atom is -0.326 e. The van der Waals surface area contributed by atoms with Gasteiger partial charge in [0.1, 0.15) is 0 Å². The van der Waals surface area contributed by atoms with Crippen molar-refractivity contribution in [2.45, 2.75) is 25.2 Å². The van der Waals surface area contributed by atoms with Gasteiger partial charge in [0.25, 0.3) is 0 Å². The van der Waals surface area contributed by atoms with Gasteiger partial charge in [-0.25, -0.2) is 0 Å². The molecule has 1 saturated carbocycles. The minimum atomic E-state index is 0.0434. The van der Waals surface area contributed by atoms with Gasteiger partial charge in [-0.3, -0.25) is 9.59 Å². The van der Waals surface area contributed by atoms with Crippen molar-refractivity contribution in [1.29, 1.82) is 0 Å². The Labute approximate surface area is 148 Å². The number of hydrogen-bond donors (Lipinski definition) is 2. The van der Waals surface area contributed by atoms with Crippen LogP contribution >= 0.6 is 15.9 Å². The molecule has 2 N–H and O–H groups in total. The third-order valence-corrected chi connectivity index (χ3v) is 5.22. The molecule has 0 spiro atoms. The number of hydrogen-bond acceptors (Lipinski definition) is 2. The molecular formula is C19H17BrN2O2. The van der Waals surface area contributed by atoms with Crippen molar-refractivity contribution in [3.8, 4) is 0 Å². The molecule has 0 bridgehead atoms. The number of nitrogens with one attached hydrogen (secondary N) is 2. The van der Waals surface area contributed by atoms with Gasteiger partial charge in [0, 0.05) is 28.2 Å². The summed E-state index contributed by atoms with van der Waals surface area (Å²) in [5, 5.41) is 5.87. The van der Waals surface area contributed by atoms with Crippen LogP contribution in [0.15, 0.2) is 46.9 Å². The zero-order valence-electron chi connectivity index (χ0n) is 13.0. The van der Waals surface area contributed by atoms with Gasteiger partial charge in [-0.05, 0) is 60.2 Å². The average Bonchev–Trinajstić information content (AvgIpc) is 3.36. The van der Waals surface area contributed by atoms with Crippen LogP contribution < -0.4 is 10.6 Å². The number of carbonyl (C=O) groups excluding carboxylic acids is 2. The van der Waals surface area contributed by atoms with E-state index in [1.165, 1.54) is 5.56 Å². The molecule has 24 heavy (non-hydrogen) atoms. The van der Waals surface area contributed by atoms with E-state index in [1.807, 2.05) is 30.3 Å². The van der Waals surface area contributed by atoms with Crippen LogP contribution in [0.5, 0.6) is 0 Å². The molecule has 5 heteroatoms. The molecule has 1 heterocycles. The van der Waals surface area contributed by atoms with E-state index in [1.54, 1.807) is 0 Å². The lowest BCUT2D eigenvalue weighted by atomic mass is 10.0. The summed E-state index contributed by atoms with van der Waals surface area (Å²) in [6, 6.07) is 13.8. The molecular weight excluding hydrogens is 368 g/mol. The van der Waals surface area contributed by atoms with E-state index in [0.717, 1.165) is 34.3 Å². The normalized spacial score (nSPS) is 21.6. The highest BCUT2D eigenvalue weighted by Crippen LogP contribution is 2.48. The van der Waals surface area contributed by atoms with E-state index in [9.17, 15) is 9.59 Å². The zero-order chi connectivity index (χ0) is 16.7. The van der Waals surface area contributed by atoms with Gasteiger partial charge >= 0.3 is 0 Å². The van der Waals surface area contributed by atoms with Crippen LogP contribution in [0.2, 0.25) is 0 Å². The van der Waals surface area contributed by atoms with Crippen molar-refractivity contribution >= 4 is 39.1 Å². The number of amides is 2. The van der Waals surface area contributed by atoms with Gasteiger partial charge in [0.05, 0.1) is 0 Å².